The molecule has 1 fully saturated rings. The van der Waals surface area contributed by atoms with Gasteiger partial charge in [0.1, 0.15) is 5.75 Å². The highest BCUT2D eigenvalue weighted by atomic mass is 32.1. The van der Waals surface area contributed by atoms with E-state index < -0.39 is 0 Å². The van der Waals surface area contributed by atoms with Gasteiger partial charge >= 0.3 is 0 Å². The summed E-state index contributed by atoms with van der Waals surface area (Å²) in [6.07, 6.45) is 0. The van der Waals surface area contributed by atoms with E-state index in [-0.39, 0.29) is 5.91 Å². The molecule has 4 aromatic rings. The van der Waals surface area contributed by atoms with E-state index in [1.165, 1.54) is 15.8 Å². The highest BCUT2D eigenvalue weighted by Gasteiger charge is 2.21. The lowest BCUT2D eigenvalue weighted by atomic mass is 10.1. The van der Waals surface area contributed by atoms with Gasteiger partial charge in [-0.15, -0.1) is 0 Å². The molecule has 0 atom stereocenters. The molecule has 176 valence electrons. The molecule has 34 heavy (non-hydrogen) atoms. The summed E-state index contributed by atoms with van der Waals surface area (Å²) < 4.78 is 6.77. The Labute approximate surface area is 204 Å². The Morgan fingerprint density at radius 2 is 1.79 bits per heavy atom. The molecule has 5 rings (SSSR count). The Hall–Kier alpha value is -3.16. The van der Waals surface area contributed by atoms with Crippen LogP contribution in [0.1, 0.15) is 21.5 Å². The van der Waals surface area contributed by atoms with Gasteiger partial charge in [0.25, 0.3) is 5.91 Å². The van der Waals surface area contributed by atoms with Gasteiger partial charge in [0.2, 0.25) is 0 Å². The van der Waals surface area contributed by atoms with Gasteiger partial charge in [0, 0.05) is 39.3 Å². The molecular weight excluding hydrogens is 444 g/mol. The number of rotatable bonds is 6. The van der Waals surface area contributed by atoms with Crippen LogP contribution in [0.3, 0.4) is 0 Å². The number of carbonyl (C=O) groups is 1. The molecule has 1 amide bonds. The minimum absolute atomic E-state index is 0.0959. The molecular formula is C27H30N4O2S. The first-order valence-corrected chi connectivity index (χ1v) is 12.5. The van der Waals surface area contributed by atoms with Crippen molar-refractivity contribution < 1.29 is 9.53 Å². The van der Waals surface area contributed by atoms with Crippen LogP contribution in [0.15, 0.2) is 48.5 Å². The highest BCUT2D eigenvalue weighted by Crippen LogP contribution is 2.32. The van der Waals surface area contributed by atoms with Crippen molar-refractivity contribution in [2.75, 3.05) is 51.3 Å². The monoisotopic (exact) mass is 474 g/mol. The number of carbonyl (C=O) groups excluding carboxylic acids is 1. The molecule has 0 unspecified atom stereocenters. The van der Waals surface area contributed by atoms with Gasteiger partial charge in [0.05, 0.1) is 22.9 Å². The topological polar surface area (TPSA) is 57.7 Å². The number of benzene rings is 3. The minimum atomic E-state index is -0.0959. The predicted octanol–water partition coefficient (Wildman–Crippen LogP) is 4.63. The molecule has 0 saturated carbocycles. The average Bonchev–Trinajstić information content (AvgIpc) is 3.28. The SMILES string of the molecule is COc1cc2ccccc2cc1C(=O)NCCN1CCN(c2nc3cc(C)cc(C)c3s2)CC1. The molecule has 1 saturated heterocycles. The molecule has 0 bridgehead atoms. The zero-order chi connectivity index (χ0) is 23.7. The molecule has 0 spiro atoms. The van der Waals surface area contributed by atoms with Gasteiger partial charge in [-0.2, -0.15) is 0 Å². The Balaban J connectivity index is 1.15. The Kier molecular flexibility index (Phi) is 6.39. The van der Waals surface area contributed by atoms with Gasteiger partial charge in [-0.25, -0.2) is 4.98 Å². The molecule has 1 aliphatic heterocycles. The summed E-state index contributed by atoms with van der Waals surface area (Å²) in [6, 6.07) is 16.2. The smallest absolute Gasteiger partial charge is 0.255 e. The fourth-order valence-corrected chi connectivity index (χ4v) is 5.72. The van der Waals surface area contributed by atoms with E-state index in [2.05, 4.69) is 41.1 Å². The van der Waals surface area contributed by atoms with Gasteiger partial charge < -0.3 is 15.0 Å². The summed E-state index contributed by atoms with van der Waals surface area (Å²) in [5.74, 6) is 0.507. The lowest BCUT2D eigenvalue weighted by Crippen LogP contribution is -2.48. The van der Waals surface area contributed by atoms with Crippen molar-refractivity contribution in [2.24, 2.45) is 0 Å². The van der Waals surface area contributed by atoms with E-state index in [0.717, 1.165) is 54.1 Å². The Bertz CT molecular complexity index is 1340. The largest absolute Gasteiger partial charge is 0.496 e. The number of nitrogens with zero attached hydrogens (tertiary/aromatic N) is 3. The Morgan fingerprint density at radius 1 is 1.06 bits per heavy atom. The fraction of sp³-hybridized carbons (Fsp3) is 0.333. The van der Waals surface area contributed by atoms with Crippen LogP contribution in [-0.2, 0) is 0 Å². The minimum Gasteiger partial charge on any atom is -0.496 e. The molecule has 1 aromatic heterocycles. The van der Waals surface area contributed by atoms with E-state index >= 15 is 0 Å². The number of aryl methyl sites for hydroxylation is 2. The van der Waals surface area contributed by atoms with Crippen LogP contribution in [0.5, 0.6) is 5.75 Å². The van der Waals surface area contributed by atoms with Crippen LogP contribution in [0.4, 0.5) is 5.13 Å². The number of ether oxygens (including phenoxy) is 1. The fourth-order valence-electron chi connectivity index (χ4n) is 4.65. The van der Waals surface area contributed by atoms with E-state index in [1.807, 2.05) is 36.4 Å². The number of nitrogens with one attached hydrogen (secondary N) is 1. The average molecular weight is 475 g/mol. The molecule has 2 heterocycles. The zero-order valence-electron chi connectivity index (χ0n) is 19.9. The highest BCUT2D eigenvalue weighted by molar-refractivity contribution is 7.22. The number of fused-ring (bicyclic) bond motifs is 2. The van der Waals surface area contributed by atoms with Crippen molar-refractivity contribution in [3.8, 4) is 5.75 Å². The van der Waals surface area contributed by atoms with E-state index in [4.69, 9.17) is 9.72 Å². The standard InChI is InChI=1S/C27H30N4O2S/c1-18-14-19(2)25-23(15-18)29-27(34-25)31-12-10-30(11-13-31)9-8-28-26(32)22-16-20-6-4-5-7-21(20)17-24(22)33-3/h4-7,14-17H,8-13H2,1-3H3,(H,28,32). The van der Waals surface area contributed by atoms with Crippen molar-refractivity contribution in [1.29, 1.82) is 0 Å². The van der Waals surface area contributed by atoms with Crippen molar-refractivity contribution in [1.82, 2.24) is 15.2 Å². The number of aromatic nitrogens is 1. The normalized spacial score (nSPS) is 14.6. The number of hydrogen-bond acceptors (Lipinski definition) is 6. The number of anilines is 1. The van der Waals surface area contributed by atoms with Crippen molar-refractivity contribution in [3.05, 3.63) is 65.2 Å². The maximum atomic E-state index is 12.9. The third kappa shape index (κ3) is 4.58. The summed E-state index contributed by atoms with van der Waals surface area (Å²) in [5.41, 5.74) is 4.24. The second-order valence-electron chi connectivity index (χ2n) is 8.91. The molecule has 1 N–H and O–H groups in total. The first kappa shape index (κ1) is 22.6. The van der Waals surface area contributed by atoms with Crippen LogP contribution in [0, 0.1) is 13.8 Å². The van der Waals surface area contributed by atoms with Crippen LogP contribution < -0.4 is 15.0 Å². The molecule has 6 nitrogen and oxygen atoms in total. The van der Waals surface area contributed by atoms with Crippen LogP contribution in [0.2, 0.25) is 0 Å². The van der Waals surface area contributed by atoms with E-state index in [9.17, 15) is 4.79 Å². The molecule has 0 aliphatic carbocycles. The molecule has 7 heteroatoms. The van der Waals surface area contributed by atoms with Crippen molar-refractivity contribution in [3.63, 3.8) is 0 Å². The zero-order valence-corrected chi connectivity index (χ0v) is 20.7. The van der Waals surface area contributed by atoms with Crippen LogP contribution >= 0.6 is 11.3 Å². The predicted molar refractivity (Wildman–Crippen MR) is 141 cm³/mol. The lowest BCUT2D eigenvalue weighted by molar-refractivity contribution is 0.0945. The number of thiazole rings is 1. The van der Waals surface area contributed by atoms with Crippen LogP contribution in [-0.4, -0.2) is 62.2 Å². The maximum Gasteiger partial charge on any atom is 0.255 e. The molecule has 0 radical (unpaired) electrons. The quantitative estimate of drug-likeness (QED) is 0.442. The molecule has 1 aliphatic rings. The van der Waals surface area contributed by atoms with E-state index in [1.54, 1.807) is 18.4 Å². The Morgan fingerprint density at radius 3 is 2.53 bits per heavy atom. The third-order valence-electron chi connectivity index (χ3n) is 6.48. The number of amides is 1. The summed E-state index contributed by atoms with van der Waals surface area (Å²) in [7, 11) is 1.61. The van der Waals surface area contributed by atoms with Crippen LogP contribution in [0.25, 0.3) is 21.0 Å². The van der Waals surface area contributed by atoms with Crippen molar-refractivity contribution >= 4 is 43.4 Å². The van der Waals surface area contributed by atoms with Gasteiger partial charge in [-0.05, 0) is 53.9 Å². The number of methoxy groups -OCH3 is 1. The third-order valence-corrected chi connectivity index (χ3v) is 7.74. The van der Waals surface area contributed by atoms with Gasteiger partial charge in [-0.3, -0.25) is 9.69 Å². The summed E-state index contributed by atoms with van der Waals surface area (Å²) in [5, 5.41) is 6.28. The maximum absolute atomic E-state index is 12.9. The van der Waals surface area contributed by atoms with Gasteiger partial charge in [0.15, 0.2) is 5.13 Å². The second-order valence-corrected chi connectivity index (χ2v) is 9.89. The summed E-state index contributed by atoms with van der Waals surface area (Å²) in [6.45, 7) is 9.54. The molecule has 3 aromatic carbocycles. The van der Waals surface area contributed by atoms with Crippen molar-refractivity contribution in [2.45, 2.75) is 13.8 Å². The van der Waals surface area contributed by atoms with E-state index in [0.29, 0.717) is 17.9 Å². The second kappa shape index (κ2) is 9.60. The lowest BCUT2D eigenvalue weighted by Gasteiger charge is -2.34. The first-order chi connectivity index (χ1) is 16.5. The number of hydrogen-bond donors (Lipinski definition) is 1. The first-order valence-electron chi connectivity index (χ1n) is 11.7. The number of piperazine rings is 1. The van der Waals surface area contributed by atoms with Gasteiger partial charge in [-0.1, -0.05) is 41.7 Å². The summed E-state index contributed by atoms with van der Waals surface area (Å²) in [4.78, 5) is 22.5. The summed E-state index contributed by atoms with van der Waals surface area (Å²) >= 11 is 1.79.